The fraction of sp³-hybridized carbons (Fsp3) is 0.333. The van der Waals surface area contributed by atoms with E-state index in [1.54, 1.807) is 20.0 Å². The summed E-state index contributed by atoms with van der Waals surface area (Å²) in [5, 5.41) is 8.94. The van der Waals surface area contributed by atoms with Crippen LogP contribution in [0, 0.1) is 6.92 Å². The number of hydrogen-bond acceptors (Lipinski definition) is 7. The first-order valence-corrected chi connectivity index (χ1v) is 6.97. The summed E-state index contributed by atoms with van der Waals surface area (Å²) in [6, 6.07) is 2.81. The average molecular weight is 308 g/mol. The van der Waals surface area contributed by atoms with E-state index in [9.17, 15) is 9.59 Å². The number of anilines is 1. The van der Waals surface area contributed by atoms with Crippen molar-refractivity contribution in [3.05, 3.63) is 29.2 Å². The molecular formula is C12H12N4O4S. The quantitative estimate of drug-likeness (QED) is 0.798. The first-order valence-electron chi connectivity index (χ1n) is 6.15. The molecule has 3 rings (SSSR count). The van der Waals surface area contributed by atoms with Crippen molar-refractivity contribution in [1.82, 2.24) is 15.1 Å². The smallest absolute Gasteiger partial charge is 0.376 e. The Morgan fingerprint density at radius 1 is 1.52 bits per heavy atom. The molecule has 8 nitrogen and oxygen atoms in total. The van der Waals surface area contributed by atoms with Crippen molar-refractivity contribution in [2.24, 2.45) is 0 Å². The first kappa shape index (κ1) is 13.6. The standard InChI is InChI=1S/C12H12N4O4S/c1-7-13-14-11(21-7)16-9(6-15(2)12(16)18)20-10(17)8-4-3-5-19-8/h3-5,9H,6H2,1-2H3. The fourth-order valence-electron chi connectivity index (χ4n) is 1.96. The van der Waals surface area contributed by atoms with Crippen LogP contribution in [0.1, 0.15) is 15.6 Å². The van der Waals surface area contributed by atoms with E-state index < -0.39 is 12.2 Å². The molecule has 2 amide bonds. The third kappa shape index (κ3) is 2.47. The number of carbonyl (C=O) groups is 2. The Labute approximate surface area is 123 Å². The van der Waals surface area contributed by atoms with Crippen molar-refractivity contribution in [2.75, 3.05) is 18.5 Å². The minimum atomic E-state index is -0.757. The summed E-state index contributed by atoms with van der Waals surface area (Å²) in [6.45, 7) is 2.04. The molecule has 1 atom stereocenters. The van der Waals surface area contributed by atoms with Crippen LogP contribution in [0.5, 0.6) is 0 Å². The minimum absolute atomic E-state index is 0.0883. The molecule has 1 unspecified atom stereocenters. The largest absolute Gasteiger partial charge is 0.457 e. The van der Waals surface area contributed by atoms with E-state index in [2.05, 4.69) is 10.2 Å². The lowest BCUT2D eigenvalue weighted by atomic mass is 10.4. The zero-order valence-electron chi connectivity index (χ0n) is 11.3. The van der Waals surface area contributed by atoms with Crippen LogP contribution < -0.4 is 4.90 Å². The Balaban J connectivity index is 1.82. The van der Waals surface area contributed by atoms with Gasteiger partial charge < -0.3 is 14.1 Å². The zero-order chi connectivity index (χ0) is 15.0. The van der Waals surface area contributed by atoms with Crippen molar-refractivity contribution in [3.8, 4) is 0 Å². The van der Waals surface area contributed by atoms with E-state index >= 15 is 0 Å². The van der Waals surface area contributed by atoms with Gasteiger partial charge in [0.2, 0.25) is 17.1 Å². The van der Waals surface area contributed by atoms with Gasteiger partial charge in [-0.05, 0) is 19.1 Å². The van der Waals surface area contributed by atoms with E-state index in [1.807, 2.05) is 0 Å². The highest BCUT2D eigenvalue weighted by molar-refractivity contribution is 7.15. The minimum Gasteiger partial charge on any atom is -0.457 e. The van der Waals surface area contributed by atoms with Crippen molar-refractivity contribution >= 4 is 28.5 Å². The monoisotopic (exact) mass is 308 g/mol. The molecule has 1 aliphatic heterocycles. The van der Waals surface area contributed by atoms with Crippen LogP contribution in [0.2, 0.25) is 0 Å². The number of furan rings is 1. The maximum absolute atomic E-state index is 12.2. The van der Waals surface area contributed by atoms with Gasteiger partial charge in [0.15, 0.2) is 0 Å². The third-order valence-corrected chi connectivity index (χ3v) is 3.78. The van der Waals surface area contributed by atoms with Crippen molar-refractivity contribution in [2.45, 2.75) is 13.2 Å². The van der Waals surface area contributed by atoms with Gasteiger partial charge in [-0.1, -0.05) is 11.3 Å². The number of amides is 2. The zero-order valence-corrected chi connectivity index (χ0v) is 12.2. The number of aryl methyl sites for hydroxylation is 1. The molecular weight excluding hydrogens is 296 g/mol. The highest BCUT2D eigenvalue weighted by Gasteiger charge is 2.41. The number of rotatable bonds is 3. The summed E-state index contributed by atoms with van der Waals surface area (Å²) in [5.74, 6) is -0.537. The fourth-order valence-corrected chi connectivity index (χ4v) is 2.68. The summed E-state index contributed by atoms with van der Waals surface area (Å²) in [5.41, 5.74) is 0. The number of esters is 1. The molecule has 1 saturated heterocycles. The van der Waals surface area contributed by atoms with Gasteiger partial charge in [0.05, 0.1) is 12.8 Å². The first-order chi connectivity index (χ1) is 10.1. The lowest BCUT2D eigenvalue weighted by molar-refractivity contribution is 0.0295. The Hall–Kier alpha value is -2.42. The summed E-state index contributed by atoms with van der Waals surface area (Å²) >= 11 is 1.26. The van der Waals surface area contributed by atoms with E-state index in [0.717, 1.165) is 5.01 Å². The van der Waals surface area contributed by atoms with Crippen LogP contribution in [0.3, 0.4) is 0 Å². The molecule has 2 aromatic rings. The SMILES string of the molecule is Cc1nnc(N2C(=O)N(C)CC2OC(=O)c2ccco2)s1. The number of ether oxygens (including phenoxy) is 1. The van der Waals surface area contributed by atoms with Gasteiger partial charge in [-0.2, -0.15) is 0 Å². The van der Waals surface area contributed by atoms with Crippen molar-refractivity contribution < 1.29 is 18.7 Å². The number of likely N-dealkylation sites (N-methyl/N-ethyl adjacent to an activating group) is 1. The highest BCUT2D eigenvalue weighted by atomic mass is 32.1. The van der Waals surface area contributed by atoms with Gasteiger partial charge in [-0.25, -0.2) is 14.5 Å². The molecule has 0 aromatic carbocycles. The molecule has 1 aliphatic rings. The van der Waals surface area contributed by atoms with E-state index in [4.69, 9.17) is 9.15 Å². The molecule has 3 heterocycles. The average Bonchev–Trinajstić information content (AvgIpc) is 3.13. The molecule has 21 heavy (non-hydrogen) atoms. The second-order valence-corrected chi connectivity index (χ2v) is 5.63. The molecule has 0 spiro atoms. The van der Waals surface area contributed by atoms with Crippen LogP contribution in [0.25, 0.3) is 0 Å². The number of carbonyl (C=O) groups excluding carboxylic acids is 2. The molecule has 0 aliphatic carbocycles. The summed E-state index contributed by atoms with van der Waals surface area (Å²) in [6.07, 6.45) is 0.626. The molecule has 0 N–H and O–H groups in total. The van der Waals surface area contributed by atoms with E-state index in [-0.39, 0.29) is 18.3 Å². The van der Waals surface area contributed by atoms with Crippen LogP contribution in [0.15, 0.2) is 22.8 Å². The van der Waals surface area contributed by atoms with Crippen molar-refractivity contribution in [3.63, 3.8) is 0 Å². The highest BCUT2D eigenvalue weighted by Crippen LogP contribution is 2.28. The van der Waals surface area contributed by atoms with Gasteiger partial charge in [-0.15, -0.1) is 10.2 Å². The van der Waals surface area contributed by atoms with Crippen LogP contribution in [-0.2, 0) is 4.74 Å². The van der Waals surface area contributed by atoms with Crippen LogP contribution in [-0.4, -0.2) is 46.9 Å². The number of nitrogens with zero attached hydrogens (tertiary/aromatic N) is 4. The topological polar surface area (TPSA) is 88.8 Å². The van der Waals surface area contributed by atoms with Crippen LogP contribution in [0.4, 0.5) is 9.93 Å². The lowest BCUT2D eigenvalue weighted by Crippen LogP contribution is -2.37. The second kappa shape index (κ2) is 5.17. The number of hydrogen-bond donors (Lipinski definition) is 0. The molecule has 9 heteroatoms. The maximum Gasteiger partial charge on any atom is 0.376 e. The van der Waals surface area contributed by atoms with Gasteiger partial charge in [-0.3, -0.25) is 0 Å². The van der Waals surface area contributed by atoms with Crippen LogP contribution >= 0.6 is 11.3 Å². The molecule has 110 valence electrons. The van der Waals surface area contributed by atoms with E-state index in [0.29, 0.717) is 5.13 Å². The molecule has 0 saturated carbocycles. The lowest BCUT2D eigenvalue weighted by Gasteiger charge is -2.19. The van der Waals surface area contributed by atoms with Gasteiger partial charge in [0.1, 0.15) is 5.01 Å². The van der Waals surface area contributed by atoms with Crippen molar-refractivity contribution in [1.29, 1.82) is 0 Å². The molecule has 1 fully saturated rings. The number of urea groups is 1. The maximum atomic E-state index is 12.2. The normalized spacial score (nSPS) is 18.4. The Bertz CT molecular complexity index is 669. The summed E-state index contributed by atoms with van der Waals surface area (Å²) < 4.78 is 10.3. The van der Waals surface area contributed by atoms with E-state index in [1.165, 1.54) is 33.5 Å². The Morgan fingerprint density at radius 2 is 2.33 bits per heavy atom. The third-order valence-electron chi connectivity index (χ3n) is 2.94. The predicted octanol–water partition coefficient (Wildman–Crippen LogP) is 1.49. The number of aromatic nitrogens is 2. The molecule has 2 aromatic heterocycles. The Kier molecular flexibility index (Phi) is 3.34. The predicted molar refractivity (Wildman–Crippen MR) is 73.1 cm³/mol. The molecule has 0 radical (unpaired) electrons. The summed E-state index contributed by atoms with van der Waals surface area (Å²) in [4.78, 5) is 26.9. The molecule has 0 bridgehead atoms. The summed E-state index contributed by atoms with van der Waals surface area (Å²) in [7, 11) is 1.63. The van der Waals surface area contributed by atoms with Gasteiger partial charge in [0, 0.05) is 7.05 Å². The van der Waals surface area contributed by atoms with Gasteiger partial charge >= 0.3 is 12.0 Å². The van der Waals surface area contributed by atoms with Gasteiger partial charge in [0.25, 0.3) is 0 Å². The Morgan fingerprint density at radius 3 is 2.95 bits per heavy atom. The second-order valence-electron chi connectivity index (χ2n) is 4.47.